The van der Waals surface area contributed by atoms with Crippen LogP contribution in [0.15, 0.2) is 50.9 Å². The number of nitrogens with zero attached hydrogens (tertiary/aromatic N) is 1. The molecule has 3 aliphatic rings. The SMILES string of the molecule is NS(=O)(=O)C1=C2CC=NCC=C2C2CC=CC=C12. The number of fused-ring (bicyclic) bond motifs is 3. The smallest absolute Gasteiger partial charge is 0.238 e. The molecule has 2 aliphatic carbocycles. The van der Waals surface area contributed by atoms with Crippen LogP contribution >= 0.6 is 0 Å². The van der Waals surface area contributed by atoms with Crippen LogP contribution in [0.1, 0.15) is 12.8 Å². The first-order valence-corrected chi connectivity index (χ1v) is 7.45. The van der Waals surface area contributed by atoms with Gasteiger partial charge in [-0.25, -0.2) is 13.6 Å². The molecule has 1 heterocycles. The Morgan fingerprint density at radius 3 is 2.94 bits per heavy atom. The van der Waals surface area contributed by atoms with Crippen LogP contribution in [0, 0.1) is 5.92 Å². The van der Waals surface area contributed by atoms with E-state index in [1.165, 1.54) is 0 Å². The fourth-order valence-electron chi connectivity index (χ4n) is 2.87. The molecule has 1 unspecified atom stereocenters. The van der Waals surface area contributed by atoms with Crippen LogP contribution in [-0.4, -0.2) is 21.2 Å². The Morgan fingerprint density at radius 1 is 1.33 bits per heavy atom. The van der Waals surface area contributed by atoms with E-state index in [4.69, 9.17) is 5.14 Å². The molecule has 5 heteroatoms. The minimum absolute atomic E-state index is 0.139. The highest BCUT2D eigenvalue weighted by Crippen LogP contribution is 2.47. The zero-order chi connectivity index (χ0) is 12.8. The second kappa shape index (κ2) is 4.03. The van der Waals surface area contributed by atoms with Crippen molar-refractivity contribution in [1.82, 2.24) is 0 Å². The zero-order valence-electron chi connectivity index (χ0n) is 9.83. The lowest BCUT2D eigenvalue weighted by Crippen LogP contribution is -2.17. The Balaban J connectivity index is 2.27. The number of hydrogen-bond donors (Lipinski definition) is 1. The highest BCUT2D eigenvalue weighted by Gasteiger charge is 2.38. The standard InChI is InChI=1S/C13H14N2O2S/c14-18(16,17)13-11-4-2-1-3-9(11)10-5-7-15-8-6-12(10)13/h1-2,4-5,8-9H,3,6-7H2,(H2,14,16,17). The lowest BCUT2D eigenvalue weighted by Gasteiger charge is -2.16. The van der Waals surface area contributed by atoms with Crippen molar-refractivity contribution < 1.29 is 8.42 Å². The maximum Gasteiger partial charge on any atom is 0.238 e. The largest absolute Gasteiger partial charge is 0.293 e. The third-order valence-corrected chi connectivity index (χ3v) is 4.60. The van der Waals surface area contributed by atoms with E-state index in [1.807, 2.05) is 18.2 Å². The summed E-state index contributed by atoms with van der Waals surface area (Å²) in [6.45, 7) is 0.615. The molecule has 0 fully saturated rings. The van der Waals surface area contributed by atoms with Gasteiger partial charge in [0.2, 0.25) is 10.0 Å². The molecule has 94 valence electrons. The van der Waals surface area contributed by atoms with Crippen LogP contribution in [0.2, 0.25) is 0 Å². The van der Waals surface area contributed by atoms with Gasteiger partial charge in [0.05, 0.1) is 11.4 Å². The number of primary sulfonamides is 1. The second-order valence-electron chi connectivity index (χ2n) is 4.60. The van der Waals surface area contributed by atoms with Crippen LogP contribution < -0.4 is 5.14 Å². The maximum atomic E-state index is 11.8. The Kier molecular flexibility index (Phi) is 2.60. The topological polar surface area (TPSA) is 72.5 Å². The van der Waals surface area contributed by atoms with Crippen LogP contribution in [0.5, 0.6) is 0 Å². The van der Waals surface area contributed by atoms with Gasteiger partial charge in [-0.15, -0.1) is 0 Å². The predicted octanol–water partition coefficient (Wildman–Crippen LogP) is 1.45. The number of allylic oxidation sites excluding steroid dienone is 6. The zero-order valence-corrected chi connectivity index (χ0v) is 10.7. The summed E-state index contributed by atoms with van der Waals surface area (Å²) < 4.78 is 23.7. The summed E-state index contributed by atoms with van der Waals surface area (Å²) in [4.78, 5) is 4.51. The number of sulfonamides is 1. The fraction of sp³-hybridized carbons (Fsp3) is 0.308. The monoisotopic (exact) mass is 262 g/mol. The molecule has 1 atom stereocenters. The highest BCUT2D eigenvalue weighted by molar-refractivity contribution is 7.93. The first kappa shape index (κ1) is 11.6. The molecule has 18 heavy (non-hydrogen) atoms. The first-order valence-electron chi connectivity index (χ1n) is 5.91. The molecule has 0 amide bonds. The summed E-state index contributed by atoms with van der Waals surface area (Å²) in [7, 11) is -3.68. The van der Waals surface area contributed by atoms with Gasteiger partial charge in [0, 0.05) is 18.6 Å². The Bertz CT molecular complexity index is 648. The van der Waals surface area contributed by atoms with Crippen LogP contribution in [0.4, 0.5) is 0 Å². The van der Waals surface area contributed by atoms with E-state index in [9.17, 15) is 8.42 Å². The minimum Gasteiger partial charge on any atom is -0.293 e. The van der Waals surface area contributed by atoms with Crippen molar-refractivity contribution in [1.29, 1.82) is 0 Å². The minimum atomic E-state index is -3.68. The van der Waals surface area contributed by atoms with E-state index in [-0.39, 0.29) is 5.92 Å². The van der Waals surface area contributed by atoms with E-state index in [1.54, 1.807) is 6.21 Å². The van der Waals surface area contributed by atoms with Crippen LogP contribution in [-0.2, 0) is 10.0 Å². The summed E-state index contributed by atoms with van der Waals surface area (Å²) in [5, 5.41) is 5.38. The van der Waals surface area contributed by atoms with Gasteiger partial charge < -0.3 is 0 Å². The third kappa shape index (κ3) is 1.71. The van der Waals surface area contributed by atoms with Crippen molar-refractivity contribution in [3.05, 3.63) is 45.9 Å². The van der Waals surface area contributed by atoms with Crippen molar-refractivity contribution >= 4 is 16.2 Å². The fourth-order valence-corrected chi connectivity index (χ4v) is 3.95. The molecule has 0 aromatic rings. The summed E-state index contributed by atoms with van der Waals surface area (Å²) in [5.74, 6) is 0.139. The molecule has 0 saturated carbocycles. The molecule has 1 aliphatic heterocycles. The maximum absolute atomic E-state index is 11.8. The van der Waals surface area contributed by atoms with E-state index in [2.05, 4.69) is 11.1 Å². The van der Waals surface area contributed by atoms with E-state index < -0.39 is 10.0 Å². The van der Waals surface area contributed by atoms with Gasteiger partial charge in [0.15, 0.2) is 0 Å². The lowest BCUT2D eigenvalue weighted by atomic mass is 9.88. The van der Waals surface area contributed by atoms with Crippen molar-refractivity contribution in [3.8, 4) is 0 Å². The Labute approximate surface area is 106 Å². The summed E-state index contributed by atoms with van der Waals surface area (Å²) in [5.41, 5.74) is 2.77. The summed E-state index contributed by atoms with van der Waals surface area (Å²) in [6, 6.07) is 0. The molecule has 0 bridgehead atoms. The van der Waals surface area contributed by atoms with Crippen molar-refractivity contribution in [3.63, 3.8) is 0 Å². The number of aliphatic imine (C=N–C) groups is 1. The molecule has 0 radical (unpaired) electrons. The quantitative estimate of drug-likeness (QED) is 0.776. The molecular formula is C13H14N2O2S. The normalized spacial score (nSPS) is 26.4. The molecule has 3 rings (SSSR count). The number of rotatable bonds is 1. The Hall–Kier alpha value is -1.46. The number of nitrogens with two attached hydrogens (primary N) is 1. The lowest BCUT2D eigenvalue weighted by molar-refractivity contribution is 0.603. The second-order valence-corrected chi connectivity index (χ2v) is 6.10. The van der Waals surface area contributed by atoms with Crippen LogP contribution in [0.25, 0.3) is 0 Å². The third-order valence-electron chi connectivity index (χ3n) is 3.54. The average Bonchev–Trinajstić information content (AvgIpc) is 2.47. The molecule has 0 saturated heterocycles. The molecule has 0 spiro atoms. The highest BCUT2D eigenvalue weighted by atomic mass is 32.2. The van der Waals surface area contributed by atoms with Gasteiger partial charge in [-0.2, -0.15) is 0 Å². The van der Waals surface area contributed by atoms with Crippen molar-refractivity contribution in [2.24, 2.45) is 16.0 Å². The molecular weight excluding hydrogens is 248 g/mol. The predicted molar refractivity (Wildman–Crippen MR) is 71.5 cm³/mol. The van der Waals surface area contributed by atoms with Gasteiger partial charge in [-0.1, -0.05) is 24.3 Å². The molecule has 0 aromatic carbocycles. The van der Waals surface area contributed by atoms with Crippen LogP contribution in [0.3, 0.4) is 0 Å². The molecule has 4 nitrogen and oxygen atoms in total. The van der Waals surface area contributed by atoms with E-state index >= 15 is 0 Å². The van der Waals surface area contributed by atoms with Gasteiger partial charge in [0.1, 0.15) is 0 Å². The number of hydrogen-bond acceptors (Lipinski definition) is 3. The summed E-state index contributed by atoms with van der Waals surface area (Å²) >= 11 is 0. The van der Waals surface area contributed by atoms with E-state index in [0.29, 0.717) is 17.9 Å². The van der Waals surface area contributed by atoms with E-state index in [0.717, 1.165) is 23.1 Å². The van der Waals surface area contributed by atoms with Gasteiger partial charge in [0.25, 0.3) is 0 Å². The average molecular weight is 262 g/mol. The summed E-state index contributed by atoms with van der Waals surface area (Å²) in [6.07, 6.45) is 11.0. The first-order chi connectivity index (χ1) is 8.59. The van der Waals surface area contributed by atoms with Gasteiger partial charge in [-0.3, -0.25) is 4.99 Å². The van der Waals surface area contributed by atoms with Gasteiger partial charge >= 0.3 is 0 Å². The van der Waals surface area contributed by atoms with Crippen molar-refractivity contribution in [2.75, 3.05) is 6.54 Å². The van der Waals surface area contributed by atoms with Gasteiger partial charge in [-0.05, 0) is 23.1 Å². The Morgan fingerprint density at radius 2 is 2.17 bits per heavy atom. The van der Waals surface area contributed by atoms with Crippen molar-refractivity contribution in [2.45, 2.75) is 12.8 Å². The molecule has 2 N–H and O–H groups in total. The molecule has 0 aromatic heterocycles.